The van der Waals surface area contributed by atoms with Crippen molar-refractivity contribution < 1.29 is 9.15 Å². The minimum absolute atomic E-state index is 0.0938. The molecule has 1 heterocycles. The highest BCUT2D eigenvalue weighted by Gasteiger charge is 2.14. The van der Waals surface area contributed by atoms with Crippen LogP contribution in [0.5, 0.6) is 5.75 Å². The Morgan fingerprint density at radius 2 is 1.95 bits per heavy atom. The smallest absolute Gasteiger partial charge is 0.253 e. The number of ether oxygens (including phenoxy) is 1. The van der Waals surface area contributed by atoms with Crippen molar-refractivity contribution in [1.82, 2.24) is 10.2 Å². The van der Waals surface area contributed by atoms with Gasteiger partial charge in [0.25, 0.3) is 5.89 Å². The normalized spacial score (nSPS) is 11.6. The van der Waals surface area contributed by atoms with E-state index in [9.17, 15) is 0 Å². The number of hydrogen-bond donors (Lipinski definition) is 1. The Labute approximate surface area is 112 Å². The molecule has 0 saturated heterocycles. The summed E-state index contributed by atoms with van der Waals surface area (Å²) in [5.74, 6) is 1.64. The fourth-order valence-corrected chi connectivity index (χ4v) is 1.63. The van der Waals surface area contributed by atoms with Crippen molar-refractivity contribution in [3.05, 3.63) is 41.6 Å². The van der Waals surface area contributed by atoms with Crippen molar-refractivity contribution in [2.24, 2.45) is 5.73 Å². The molecule has 0 bridgehead atoms. The van der Waals surface area contributed by atoms with Gasteiger partial charge in [-0.15, -0.1) is 10.2 Å². The van der Waals surface area contributed by atoms with Crippen LogP contribution in [0.3, 0.4) is 0 Å². The van der Waals surface area contributed by atoms with Gasteiger partial charge in [-0.25, -0.2) is 0 Å². The van der Waals surface area contributed by atoms with Crippen LogP contribution in [-0.4, -0.2) is 10.2 Å². The van der Waals surface area contributed by atoms with Gasteiger partial charge in [0.2, 0.25) is 5.89 Å². The fourth-order valence-electron chi connectivity index (χ4n) is 1.63. The van der Waals surface area contributed by atoms with E-state index in [4.69, 9.17) is 14.9 Å². The molecule has 0 atom stereocenters. The largest absolute Gasteiger partial charge is 0.484 e. The average molecular weight is 261 g/mol. The van der Waals surface area contributed by atoms with Gasteiger partial charge in [0.05, 0.1) is 6.54 Å². The zero-order valence-corrected chi connectivity index (χ0v) is 11.5. The van der Waals surface area contributed by atoms with Crippen LogP contribution in [0.1, 0.15) is 38.1 Å². The summed E-state index contributed by atoms with van der Waals surface area (Å²) in [6.07, 6.45) is 0. The first-order chi connectivity index (χ1) is 8.99. The molecule has 2 aromatic rings. The van der Waals surface area contributed by atoms with Crippen LogP contribution in [0.4, 0.5) is 0 Å². The Balaban J connectivity index is 2.03. The molecule has 0 aliphatic carbocycles. The lowest BCUT2D eigenvalue weighted by Gasteiger charge is -2.19. The van der Waals surface area contributed by atoms with Crippen LogP contribution >= 0.6 is 0 Å². The van der Waals surface area contributed by atoms with E-state index in [-0.39, 0.29) is 18.6 Å². The first-order valence-electron chi connectivity index (χ1n) is 6.23. The van der Waals surface area contributed by atoms with Gasteiger partial charge in [-0.05, 0) is 23.1 Å². The quantitative estimate of drug-likeness (QED) is 0.914. The first-order valence-corrected chi connectivity index (χ1v) is 6.23. The van der Waals surface area contributed by atoms with Gasteiger partial charge < -0.3 is 14.9 Å². The highest BCUT2D eigenvalue weighted by molar-refractivity contribution is 5.32. The Hall–Kier alpha value is -1.88. The molecular formula is C14H19N3O2. The molecule has 102 valence electrons. The molecule has 0 radical (unpaired) electrons. The van der Waals surface area contributed by atoms with Crippen molar-refractivity contribution in [3.8, 4) is 5.75 Å². The standard InChI is InChI=1S/C14H19N3O2/c1-14(2,3)10-5-4-6-11(7-10)18-9-13-17-16-12(8-15)19-13/h4-7H,8-9,15H2,1-3H3. The topological polar surface area (TPSA) is 74.2 Å². The van der Waals surface area contributed by atoms with E-state index in [1.165, 1.54) is 5.56 Å². The number of hydrogen-bond acceptors (Lipinski definition) is 5. The molecule has 0 saturated carbocycles. The SMILES string of the molecule is CC(C)(C)c1cccc(OCc2nnc(CN)o2)c1. The molecule has 2 rings (SSSR count). The second-order valence-corrected chi connectivity index (χ2v) is 5.36. The maximum Gasteiger partial charge on any atom is 0.253 e. The van der Waals surface area contributed by atoms with Crippen LogP contribution in [0.15, 0.2) is 28.7 Å². The summed E-state index contributed by atoms with van der Waals surface area (Å²) < 4.78 is 10.9. The summed E-state index contributed by atoms with van der Waals surface area (Å²) in [7, 11) is 0. The summed E-state index contributed by atoms with van der Waals surface area (Å²) >= 11 is 0. The maximum atomic E-state index is 5.65. The van der Waals surface area contributed by atoms with E-state index in [0.717, 1.165) is 5.75 Å². The molecule has 0 unspecified atom stereocenters. The molecule has 1 aromatic heterocycles. The zero-order valence-electron chi connectivity index (χ0n) is 11.5. The lowest BCUT2D eigenvalue weighted by atomic mass is 9.87. The predicted octanol–water partition coefficient (Wildman–Crippen LogP) is 2.40. The van der Waals surface area contributed by atoms with E-state index in [1.807, 2.05) is 18.2 Å². The molecule has 0 aliphatic rings. The molecule has 0 aliphatic heterocycles. The van der Waals surface area contributed by atoms with Crippen molar-refractivity contribution in [2.75, 3.05) is 0 Å². The zero-order chi connectivity index (χ0) is 13.9. The number of benzene rings is 1. The van der Waals surface area contributed by atoms with Crippen molar-refractivity contribution in [2.45, 2.75) is 39.3 Å². The molecule has 1 aromatic carbocycles. The predicted molar refractivity (Wildman–Crippen MR) is 71.7 cm³/mol. The Morgan fingerprint density at radius 3 is 2.58 bits per heavy atom. The molecular weight excluding hydrogens is 242 g/mol. The summed E-state index contributed by atoms with van der Waals surface area (Å²) in [6, 6.07) is 8.01. The maximum absolute atomic E-state index is 5.65. The van der Waals surface area contributed by atoms with Crippen molar-refractivity contribution in [1.29, 1.82) is 0 Å². The first kappa shape index (κ1) is 13.5. The monoisotopic (exact) mass is 261 g/mol. The summed E-state index contributed by atoms with van der Waals surface area (Å²) in [5, 5.41) is 7.63. The summed E-state index contributed by atoms with van der Waals surface area (Å²) in [6.45, 7) is 6.99. The second kappa shape index (κ2) is 5.40. The highest BCUT2D eigenvalue weighted by Crippen LogP contribution is 2.25. The molecule has 0 fully saturated rings. The third-order valence-corrected chi connectivity index (χ3v) is 2.75. The van der Waals surface area contributed by atoms with Crippen LogP contribution in [0.2, 0.25) is 0 Å². The summed E-state index contributed by atoms with van der Waals surface area (Å²) in [5.41, 5.74) is 6.72. The lowest BCUT2D eigenvalue weighted by Crippen LogP contribution is -2.11. The number of nitrogens with two attached hydrogens (primary N) is 1. The van der Waals surface area contributed by atoms with Crippen molar-refractivity contribution in [3.63, 3.8) is 0 Å². The lowest BCUT2D eigenvalue weighted by molar-refractivity contribution is 0.258. The minimum Gasteiger partial charge on any atom is -0.484 e. The number of aromatic nitrogens is 2. The average Bonchev–Trinajstić information content (AvgIpc) is 2.84. The molecule has 0 spiro atoms. The molecule has 2 N–H and O–H groups in total. The van der Waals surface area contributed by atoms with Crippen LogP contribution in [0, 0.1) is 0 Å². The van der Waals surface area contributed by atoms with E-state index in [0.29, 0.717) is 11.8 Å². The van der Waals surface area contributed by atoms with Gasteiger partial charge in [-0.3, -0.25) is 0 Å². The van der Waals surface area contributed by atoms with Gasteiger partial charge in [-0.1, -0.05) is 32.9 Å². The minimum atomic E-state index is 0.0938. The van der Waals surface area contributed by atoms with E-state index in [1.54, 1.807) is 0 Å². The fraction of sp³-hybridized carbons (Fsp3) is 0.429. The van der Waals surface area contributed by atoms with Crippen LogP contribution < -0.4 is 10.5 Å². The molecule has 5 nitrogen and oxygen atoms in total. The Kier molecular flexibility index (Phi) is 3.85. The van der Waals surface area contributed by atoms with E-state index < -0.39 is 0 Å². The molecule has 0 amide bonds. The molecule has 19 heavy (non-hydrogen) atoms. The van der Waals surface area contributed by atoms with E-state index in [2.05, 4.69) is 37.0 Å². The summed E-state index contributed by atoms with van der Waals surface area (Å²) in [4.78, 5) is 0. The van der Waals surface area contributed by atoms with Crippen LogP contribution in [-0.2, 0) is 18.6 Å². The third-order valence-electron chi connectivity index (χ3n) is 2.75. The van der Waals surface area contributed by atoms with Gasteiger partial charge >= 0.3 is 0 Å². The van der Waals surface area contributed by atoms with Gasteiger partial charge in [0.1, 0.15) is 5.75 Å². The highest BCUT2D eigenvalue weighted by atomic mass is 16.5. The number of rotatable bonds is 4. The third kappa shape index (κ3) is 3.54. The molecule has 5 heteroatoms. The second-order valence-electron chi connectivity index (χ2n) is 5.36. The van der Waals surface area contributed by atoms with E-state index >= 15 is 0 Å². The van der Waals surface area contributed by atoms with Crippen molar-refractivity contribution >= 4 is 0 Å². The number of nitrogens with zero attached hydrogens (tertiary/aromatic N) is 2. The Bertz CT molecular complexity index is 544. The van der Waals surface area contributed by atoms with Gasteiger partial charge in [-0.2, -0.15) is 0 Å². The van der Waals surface area contributed by atoms with Crippen LogP contribution in [0.25, 0.3) is 0 Å². The van der Waals surface area contributed by atoms with Gasteiger partial charge in [0.15, 0.2) is 6.61 Å². The Morgan fingerprint density at radius 1 is 1.21 bits per heavy atom. The van der Waals surface area contributed by atoms with Gasteiger partial charge in [0, 0.05) is 0 Å².